The number of hydrogen-bond donors (Lipinski definition) is 0. The molecule has 4 heteroatoms. The Morgan fingerprint density at radius 2 is 1.71 bits per heavy atom. The van der Waals surface area contributed by atoms with Crippen molar-refractivity contribution >= 4 is 5.78 Å². The molecule has 0 fully saturated rings. The molecule has 0 aliphatic carbocycles. The molecule has 2 aromatic heterocycles. The van der Waals surface area contributed by atoms with Crippen LogP contribution in [0.3, 0.4) is 0 Å². The molecule has 120 valence electrons. The van der Waals surface area contributed by atoms with E-state index in [2.05, 4.69) is 9.97 Å². The maximum Gasteiger partial charge on any atom is 0.215 e. The smallest absolute Gasteiger partial charge is 0.215 e. The summed E-state index contributed by atoms with van der Waals surface area (Å²) in [6, 6.07) is 14.8. The Hall–Kier alpha value is -3.01. The summed E-state index contributed by atoms with van der Waals surface area (Å²) in [5.41, 5.74) is 4.39. The Labute approximate surface area is 141 Å². The third kappa shape index (κ3) is 3.18. The van der Waals surface area contributed by atoms with E-state index in [-0.39, 0.29) is 5.78 Å². The number of ether oxygens (including phenoxy) is 1. The van der Waals surface area contributed by atoms with Crippen LogP contribution in [0.1, 0.15) is 27.2 Å². The fraction of sp³-hybridized carbons (Fsp3) is 0.150. The first-order chi connectivity index (χ1) is 11.6. The predicted molar refractivity (Wildman–Crippen MR) is 93.4 cm³/mol. The monoisotopic (exact) mass is 318 g/mol. The molecule has 0 N–H and O–H groups in total. The molecule has 0 radical (unpaired) electrons. The molecule has 0 spiro atoms. The van der Waals surface area contributed by atoms with Gasteiger partial charge < -0.3 is 4.74 Å². The second kappa shape index (κ2) is 6.62. The van der Waals surface area contributed by atoms with Gasteiger partial charge in [0.15, 0.2) is 0 Å². The zero-order valence-corrected chi connectivity index (χ0v) is 13.9. The summed E-state index contributed by atoms with van der Waals surface area (Å²) in [7, 11) is 1.55. The van der Waals surface area contributed by atoms with E-state index in [4.69, 9.17) is 4.74 Å². The molecule has 0 aliphatic rings. The summed E-state index contributed by atoms with van der Waals surface area (Å²) in [5.74, 6) is 0.381. The van der Waals surface area contributed by atoms with E-state index >= 15 is 0 Å². The van der Waals surface area contributed by atoms with Crippen molar-refractivity contribution in [2.75, 3.05) is 7.11 Å². The van der Waals surface area contributed by atoms with Crippen molar-refractivity contribution in [3.8, 4) is 17.1 Å². The van der Waals surface area contributed by atoms with Crippen molar-refractivity contribution < 1.29 is 9.53 Å². The number of para-hydroxylation sites is 1. The SMILES string of the molecule is COc1ccccc1C(=O)c1cc(C)cc(-c2cc(C)ccn2)n1. The Morgan fingerprint density at radius 1 is 0.958 bits per heavy atom. The number of nitrogens with zero attached hydrogens (tertiary/aromatic N) is 2. The van der Waals surface area contributed by atoms with Crippen LogP contribution in [-0.2, 0) is 0 Å². The van der Waals surface area contributed by atoms with Gasteiger partial charge >= 0.3 is 0 Å². The van der Waals surface area contributed by atoms with E-state index in [0.29, 0.717) is 22.7 Å². The normalized spacial score (nSPS) is 10.5. The first kappa shape index (κ1) is 15.9. The van der Waals surface area contributed by atoms with Gasteiger partial charge in [0.25, 0.3) is 0 Å². The number of methoxy groups -OCH3 is 1. The largest absolute Gasteiger partial charge is 0.496 e. The summed E-state index contributed by atoms with van der Waals surface area (Å²) >= 11 is 0. The maximum atomic E-state index is 12.9. The Kier molecular flexibility index (Phi) is 4.38. The molecule has 0 aliphatic heterocycles. The van der Waals surface area contributed by atoms with Crippen LogP contribution >= 0.6 is 0 Å². The van der Waals surface area contributed by atoms with Crippen LogP contribution in [0.2, 0.25) is 0 Å². The highest BCUT2D eigenvalue weighted by atomic mass is 16.5. The van der Waals surface area contributed by atoms with Crippen LogP contribution in [0.25, 0.3) is 11.4 Å². The molecule has 3 aromatic rings. The van der Waals surface area contributed by atoms with Gasteiger partial charge in [-0.15, -0.1) is 0 Å². The molecule has 0 saturated heterocycles. The molecule has 0 saturated carbocycles. The topological polar surface area (TPSA) is 52.1 Å². The summed E-state index contributed by atoms with van der Waals surface area (Å²) in [6.45, 7) is 3.95. The van der Waals surface area contributed by atoms with Gasteiger partial charge in [-0.05, 0) is 61.4 Å². The van der Waals surface area contributed by atoms with Crippen LogP contribution in [0, 0.1) is 13.8 Å². The van der Waals surface area contributed by atoms with Crippen molar-refractivity contribution in [1.82, 2.24) is 9.97 Å². The lowest BCUT2D eigenvalue weighted by Gasteiger charge is -2.09. The van der Waals surface area contributed by atoms with E-state index in [1.54, 1.807) is 31.5 Å². The number of rotatable bonds is 4. The lowest BCUT2D eigenvalue weighted by Crippen LogP contribution is -2.07. The standard InChI is InChI=1S/C20H18N2O2/c1-13-8-9-21-16(10-13)17-11-14(2)12-18(22-17)20(23)15-6-4-5-7-19(15)24-3/h4-12H,1-3H3. The fourth-order valence-corrected chi connectivity index (χ4v) is 2.56. The van der Waals surface area contributed by atoms with Crippen molar-refractivity contribution in [1.29, 1.82) is 0 Å². The van der Waals surface area contributed by atoms with Crippen LogP contribution < -0.4 is 4.74 Å². The van der Waals surface area contributed by atoms with Crippen LogP contribution in [0.5, 0.6) is 5.75 Å². The van der Waals surface area contributed by atoms with Crippen molar-refractivity contribution in [2.24, 2.45) is 0 Å². The summed E-state index contributed by atoms with van der Waals surface area (Å²) in [6.07, 6.45) is 1.75. The fourth-order valence-electron chi connectivity index (χ4n) is 2.56. The van der Waals surface area contributed by atoms with Gasteiger partial charge in [0.1, 0.15) is 11.4 Å². The van der Waals surface area contributed by atoms with E-state index in [0.717, 1.165) is 16.8 Å². The van der Waals surface area contributed by atoms with E-state index < -0.39 is 0 Å². The quantitative estimate of drug-likeness (QED) is 0.682. The number of carbonyl (C=O) groups is 1. The lowest BCUT2D eigenvalue weighted by atomic mass is 10.0. The average Bonchev–Trinajstić information content (AvgIpc) is 2.60. The molecule has 0 bridgehead atoms. The van der Waals surface area contributed by atoms with Crippen LogP contribution in [0.4, 0.5) is 0 Å². The number of ketones is 1. The molecule has 3 rings (SSSR count). The molecular weight excluding hydrogens is 300 g/mol. The van der Waals surface area contributed by atoms with Gasteiger partial charge in [-0.3, -0.25) is 9.78 Å². The molecule has 0 atom stereocenters. The molecule has 24 heavy (non-hydrogen) atoms. The summed E-state index contributed by atoms with van der Waals surface area (Å²) < 4.78 is 5.29. The Bertz CT molecular complexity index is 904. The molecule has 0 unspecified atom stereocenters. The van der Waals surface area contributed by atoms with Gasteiger partial charge in [0.2, 0.25) is 5.78 Å². The second-order valence-corrected chi connectivity index (χ2v) is 5.66. The van der Waals surface area contributed by atoms with Gasteiger partial charge in [-0.25, -0.2) is 4.98 Å². The number of hydrogen-bond acceptors (Lipinski definition) is 4. The predicted octanol–water partition coefficient (Wildman–Crippen LogP) is 4.00. The van der Waals surface area contributed by atoms with Gasteiger partial charge in [-0.1, -0.05) is 12.1 Å². The first-order valence-electron chi connectivity index (χ1n) is 7.68. The highest BCUT2D eigenvalue weighted by Gasteiger charge is 2.17. The summed E-state index contributed by atoms with van der Waals surface area (Å²) in [4.78, 5) is 21.8. The molecule has 2 heterocycles. The van der Waals surface area contributed by atoms with E-state index in [1.165, 1.54) is 0 Å². The average molecular weight is 318 g/mol. The highest BCUT2D eigenvalue weighted by molar-refractivity contribution is 6.09. The number of benzene rings is 1. The lowest BCUT2D eigenvalue weighted by molar-refractivity contribution is 0.103. The molecule has 1 aromatic carbocycles. The zero-order chi connectivity index (χ0) is 17.1. The van der Waals surface area contributed by atoms with E-state index in [1.807, 2.05) is 44.2 Å². The van der Waals surface area contributed by atoms with Crippen molar-refractivity contribution in [3.63, 3.8) is 0 Å². The highest BCUT2D eigenvalue weighted by Crippen LogP contribution is 2.23. The second-order valence-electron chi connectivity index (χ2n) is 5.66. The molecular formula is C20H18N2O2. The maximum absolute atomic E-state index is 12.9. The van der Waals surface area contributed by atoms with Gasteiger partial charge in [-0.2, -0.15) is 0 Å². The number of carbonyl (C=O) groups excluding carboxylic acids is 1. The van der Waals surface area contributed by atoms with E-state index in [9.17, 15) is 4.79 Å². The Balaban J connectivity index is 2.07. The third-order valence-corrected chi connectivity index (χ3v) is 3.73. The summed E-state index contributed by atoms with van der Waals surface area (Å²) in [5, 5.41) is 0. The number of aromatic nitrogens is 2. The van der Waals surface area contributed by atoms with Crippen LogP contribution in [-0.4, -0.2) is 22.9 Å². The van der Waals surface area contributed by atoms with Crippen molar-refractivity contribution in [3.05, 3.63) is 77.1 Å². The number of aryl methyl sites for hydroxylation is 2. The third-order valence-electron chi connectivity index (χ3n) is 3.73. The minimum absolute atomic E-state index is 0.162. The van der Waals surface area contributed by atoms with Crippen LogP contribution in [0.15, 0.2) is 54.7 Å². The van der Waals surface area contributed by atoms with Gasteiger partial charge in [0, 0.05) is 6.20 Å². The first-order valence-corrected chi connectivity index (χ1v) is 7.68. The molecule has 0 amide bonds. The Morgan fingerprint density at radius 3 is 2.46 bits per heavy atom. The number of pyridine rings is 2. The van der Waals surface area contributed by atoms with Crippen molar-refractivity contribution in [2.45, 2.75) is 13.8 Å². The molecule has 4 nitrogen and oxygen atoms in total. The minimum Gasteiger partial charge on any atom is -0.496 e. The minimum atomic E-state index is -0.162. The zero-order valence-electron chi connectivity index (χ0n) is 13.9. The van der Waals surface area contributed by atoms with Gasteiger partial charge in [0.05, 0.1) is 24.1 Å².